The maximum Gasteiger partial charge on any atom is 0.325 e. The number of urea groups is 1. The highest BCUT2D eigenvalue weighted by Crippen LogP contribution is 2.30. The normalized spacial score (nSPS) is 15.4. The Kier molecular flexibility index (Phi) is 5.53. The van der Waals surface area contributed by atoms with Gasteiger partial charge in [-0.25, -0.2) is 9.18 Å². The van der Waals surface area contributed by atoms with E-state index in [1.807, 2.05) is 31.2 Å². The summed E-state index contributed by atoms with van der Waals surface area (Å²) in [6, 6.07) is 13.8. The van der Waals surface area contributed by atoms with Crippen LogP contribution in [0.1, 0.15) is 19.4 Å². The van der Waals surface area contributed by atoms with Gasteiger partial charge in [-0.15, -0.1) is 10.2 Å². The van der Waals surface area contributed by atoms with Crippen LogP contribution in [0.2, 0.25) is 0 Å². The minimum atomic E-state index is -0.901. The van der Waals surface area contributed by atoms with Crippen molar-refractivity contribution in [1.82, 2.24) is 25.0 Å². The molecule has 1 N–H and O–H groups in total. The fourth-order valence-corrected chi connectivity index (χ4v) is 4.23. The Hall–Kier alpha value is -3.20. The molecule has 2 aromatic carbocycles. The molecule has 1 aliphatic rings. The van der Waals surface area contributed by atoms with Gasteiger partial charge in [-0.1, -0.05) is 41.6 Å². The highest BCUT2D eigenvalue weighted by Gasteiger charge is 2.43. The Labute approximate surface area is 183 Å². The first kappa shape index (κ1) is 21.0. The van der Waals surface area contributed by atoms with Crippen molar-refractivity contribution in [3.8, 4) is 17.1 Å². The first-order chi connectivity index (χ1) is 14.8. The number of carbonyl (C=O) groups excluding carboxylic acids is 2. The molecule has 9 heteroatoms. The van der Waals surface area contributed by atoms with E-state index < -0.39 is 11.6 Å². The van der Waals surface area contributed by atoms with Crippen LogP contribution in [0.15, 0.2) is 53.7 Å². The standard InChI is InChI=1S/C22H22FN5O2S/c1-14-8-10-15(11-9-14)28-18(16-6-4-5-7-17(16)23)25-26-21(28)31-13-12-27-19(29)22(2,3)24-20(27)30/h4-11H,12-13H2,1-3H3,(H,24,30). The lowest BCUT2D eigenvalue weighted by atomic mass is 10.1. The predicted octanol–water partition coefficient (Wildman–Crippen LogP) is 3.80. The third kappa shape index (κ3) is 4.05. The number of hydrogen-bond acceptors (Lipinski definition) is 5. The first-order valence-corrected chi connectivity index (χ1v) is 10.8. The molecule has 160 valence electrons. The average Bonchev–Trinajstić information content (AvgIpc) is 3.22. The summed E-state index contributed by atoms with van der Waals surface area (Å²) < 4.78 is 16.3. The third-order valence-corrected chi connectivity index (χ3v) is 5.94. The number of nitrogens with one attached hydrogen (secondary N) is 1. The highest BCUT2D eigenvalue weighted by molar-refractivity contribution is 7.99. The summed E-state index contributed by atoms with van der Waals surface area (Å²) in [6.07, 6.45) is 0. The first-order valence-electron chi connectivity index (χ1n) is 9.82. The second-order valence-electron chi connectivity index (χ2n) is 7.82. The molecule has 1 aromatic heterocycles. The monoisotopic (exact) mass is 439 g/mol. The molecule has 3 aromatic rings. The van der Waals surface area contributed by atoms with Gasteiger partial charge in [-0.05, 0) is 45.0 Å². The average molecular weight is 440 g/mol. The molecule has 3 amide bonds. The number of hydrogen-bond donors (Lipinski definition) is 1. The lowest BCUT2D eigenvalue weighted by Gasteiger charge is -2.16. The summed E-state index contributed by atoms with van der Waals surface area (Å²) in [6.45, 7) is 5.57. The van der Waals surface area contributed by atoms with Crippen molar-refractivity contribution in [2.45, 2.75) is 31.5 Å². The molecular weight excluding hydrogens is 417 g/mol. The van der Waals surface area contributed by atoms with Crippen LogP contribution >= 0.6 is 11.8 Å². The molecule has 0 aliphatic carbocycles. The van der Waals surface area contributed by atoms with Crippen molar-refractivity contribution >= 4 is 23.7 Å². The molecule has 2 heterocycles. The number of nitrogens with zero attached hydrogens (tertiary/aromatic N) is 4. The van der Waals surface area contributed by atoms with Gasteiger partial charge in [0.1, 0.15) is 11.4 Å². The highest BCUT2D eigenvalue weighted by atomic mass is 32.2. The van der Waals surface area contributed by atoms with Crippen LogP contribution in [0, 0.1) is 12.7 Å². The number of imide groups is 1. The molecule has 0 bridgehead atoms. The van der Waals surface area contributed by atoms with Crippen molar-refractivity contribution in [2.24, 2.45) is 0 Å². The van der Waals surface area contributed by atoms with Crippen LogP contribution in [0.25, 0.3) is 17.1 Å². The summed E-state index contributed by atoms with van der Waals surface area (Å²) in [7, 11) is 0. The smallest absolute Gasteiger partial charge is 0.324 e. The molecule has 0 unspecified atom stereocenters. The van der Waals surface area contributed by atoms with Crippen LogP contribution < -0.4 is 5.32 Å². The van der Waals surface area contributed by atoms with E-state index in [4.69, 9.17) is 0 Å². The minimum Gasteiger partial charge on any atom is -0.324 e. The second-order valence-corrected chi connectivity index (χ2v) is 8.88. The fourth-order valence-electron chi connectivity index (χ4n) is 3.36. The van der Waals surface area contributed by atoms with E-state index in [-0.39, 0.29) is 18.3 Å². The van der Waals surface area contributed by atoms with Gasteiger partial charge in [-0.2, -0.15) is 0 Å². The molecular formula is C22H22FN5O2S. The van der Waals surface area contributed by atoms with E-state index in [9.17, 15) is 14.0 Å². The van der Waals surface area contributed by atoms with Crippen LogP contribution in [-0.4, -0.2) is 49.4 Å². The number of halogens is 1. The molecule has 0 radical (unpaired) electrons. The fraction of sp³-hybridized carbons (Fsp3) is 0.273. The summed E-state index contributed by atoms with van der Waals surface area (Å²) in [5, 5.41) is 11.7. The summed E-state index contributed by atoms with van der Waals surface area (Å²) in [4.78, 5) is 25.7. The van der Waals surface area contributed by atoms with E-state index in [0.717, 1.165) is 11.3 Å². The Bertz CT molecular complexity index is 1140. The molecule has 0 atom stereocenters. The van der Waals surface area contributed by atoms with Crippen LogP contribution in [-0.2, 0) is 4.79 Å². The van der Waals surface area contributed by atoms with Gasteiger partial charge in [0.25, 0.3) is 5.91 Å². The molecule has 1 aliphatic heterocycles. The van der Waals surface area contributed by atoms with Gasteiger partial charge in [0.2, 0.25) is 0 Å². The Morgan fingerprint density at radius 3 is 2.42 bits per heavy atom. The van der Waals surface area contributed by atoms with E-state index in [1.54, 1.807) is 36.6 Å². The second kappa shape index (κ2) is 8.14. The van der Waals surface area contributed by atoms with Gasteiger partial charge < -0.3 is 5.32 Å². The molecule has 4 rings (SSSR count). The topological polar surface area (TPSA) is 80.1 Å². The van der Waals surface area contributed by atoms with Crippen molar-refractivity contribution in [3.63, 3.8) is 0 Å². The van der Waals surface area contributed by atoms with Gasteiger partial charge in [0, 0.05) is 18.0 Å². The Morgan fingerprint density at radius 2 is 1.77 bits per heavy atom. The van der Waals surface area contributed by atoms with Crippen LogP contribution in [0.3, 0.4) is 0 Å². The maximum absolute atomic E-state index is 14.5. The molecule has 1 fully saturated rings. The number of rotatable bonds is 6. The van der Waals surface area contributed by atoms with Crippen molar-refractivity contribution in [3.05, 3.63) is 59.9 Å². The molecule has 31 heavy (non-hydrogen) atoms. The van der Waals surface area contributed by atoms with Gasteiger partial charge in [0.05, 0.1) is 5.56 Å². The number of aromatic nitrogens is 3. The maximum atomic E-state index is 14.5. The zero-order chi connectivity index (χ0) is 22.2. The number of aryl methyl sites for hydroxylation is 1. The van der Waals surface area contributed by atoms with E-state index in [1.165, 1.54) is 22.7 Å². The molecule has 7 nitrogen and oxygen atoms in total. The molecule has 1 saturated heterocycles. The molecule has 0 spiro atoms. The van der Waals surface area contributed by atoms with E-state index >= 15 is 0 Å². The van der Waals surface area contributed by atoms with Crippen molar-refractivity contribution in [1.29, 1.82) is 0 Å². The van der Waals surface area contributed by atoms with Crippen LogP contribution in [0.4, 0.5) is 9.18 Å². The van der Waals surface area contributed by atoms with Gasteiger partial charge >= 0.3 is 6.03 Å². The van der Waals surface area contributed by atoms with Crippen LogP contribution in [0.5, 0.6) is 0 Å². The summed E-state index contributed by atoms with van der Waals surface area (Å²) >= 11 is 1.35. The number of benzene rings is 2. The van der Waals surface area contributed by atoms with Gasteiger partial charge in [-0.3, -0.25) is 14.3 Å². The van der Waals surface area contributed by atoms with Crippen molar-refractivity contribution < 1.29 is 14.0 Å². The quantitative estimate of drug-likeness (QED) is 0.467. The lowest BCUT2D eigenvalue weighted by molar-refractivity contribution is -0.130. The van der Waals surface area contributed by atoms with E-state index in [0.29, 0.717) is 22.3 Å². The Morgan fingerprint density at radius 1 is 1.06 bits per heavy atom. The predicted molar refractivity (Wildman–Crippen MR) is 117 cm³/mol. The SMILES string of the molecule is Cc1ccc(-n2c(SCCN3C(=O)NC(C)(C)C3=O)nnc2-c2ccccc2F)cc1. The van der Waals surface area contributed by atoms with Crippen molar-refractivity contribution in [2.75, 3.05) is 12.3 Å². The van der Waals surface area contributed by atoms with E-state index in [2.05, 4.69) is 15.5 Å². The van der Waals surface area contributed by atoms with Gasteiger partial charge in [0.15, 0.2) is 11.0 Å². The number of amides is 3. The number of carbonyl (C=O) groups is 2. The lowest BCUT2D eigenvalue weighted by Crippen LogP contribution is -2.40. The number of thioether (sulfide) groups is 1. The Balaban J connectivity index is 1.62. The zero-order valence-corrected chi connectivity index (χ0v) is 18.2. The third-order valence-electron chi connectivity index (χ3n) is 5.03. The molecule has 0 saturated carbocycles. The summed E-state index contributed by atoms with van der Waals surface area (Å²) in [5.41, 5.74) is 1.34. The minimum absolute atomic E-state index is 0.231. The largest absolute Gasteiger partial charge is 0.325 e. The zero-order valence-electron chi connectivity index (χ0n) is 17.4. The summed E-state index contributed by atoms with van der Waals surface area (Å²) in [5.74, 6) is 0.170.